The predicted molar refractivity (Wildman–Crippen MR) is 290 cm³/mol. The van der Waals surface area contributed by atoms with Crippen LogP contribution in [0.1, 0.15) is 232 Å². The molecule has 0 N–H and O–H groups in total. The molecule has 4 aromatic carbocycles. The van der Waals surface area contributed by atoms with Crippen LogP contribution in [0.2, 0.25) is 0 Å². The van der Waals surface area contributed by atoms with Crippen LogP contribution >= 0.6 is 0 Å². The van der Waals surface area contributed by atoms with Gasteiger partial charge in [0.1, 0.15) is 0 Å². The zero-order valence-electron chi connectivity index (χ0n) is 46.3. The Morgan fingerprint density at radius 3 is 0.900 bits per heavy atom. The largest absolute Gasteiger partial charge is 0.378 e. The van der Waals surface area contributed by atoms with Crippen molar-refractivity contribution >= 4 is 42.2 Å². The molecule has 0 spiro atoms. The minimum atomic E-state index is -3.07. The Bertz CT molecular complexity index is 2650. The number of hydrogen-bond acceptors (Lipinski definition) is 1. The van der Waals surface area contributed by atoms with E-state index in [1.165, 1.54) is 38.6 Å². The summed E-state index contributed by atoms with van der Waals surface area (Å²) < 4.78 is 85.7. The first kappa shape index (κ1) is 53.1. The van der Waals surface area contributed by atoms with Gasteiger partial charge in [0, 0.05) is 25.0 Å². The zero-order valence-corrected chi connectivity index (χ0v) is 48.3. The molecule has 0 bridgehead atoms. The Kier molecular flexibility index (Phi) is 13.2. The van der Waals surface area contributed by atoms with Crippen LogP contribution in [0.25, 0.3) is 0 Å². The van der Waals surface area contributed by atoms with Crippen LogP contribution in [-0.4, -0.2) is 29.9 Å². The second-order valence-corrected chi connectivity index (χ2v) is 32.1. The van der Waals surface area contributed by atoms with Gasteiger partial charge in [-0.1, -0.05) is 135 Å². The molecule has 0 heterocycles. The summed E-state index contributed by atoms with van der Waals surface area (Å²) in [6.45, 7) is 37.1. The molecule has 4 aromatic rings. The second kappa shape index (κ2) is 17.4. The molecule has 0 fully saturated rings. The van der Waals surface area contributed by atoms with Gasteiger partial charge in [0.05, 0.1) is 15.8 Å². The lowest BCUT2D eigenvalue weighted by Crippen LogP contribution is -2.59. The maximum atomic E-state index is 18.2. The van der Waals surface area contributed by atoms with Crippen LogP contribution in [0.15, 0.2) is 36.4 Å². The average molecular weight is 995 g/mol. The van der Waals surface area contributed by atoms with E-state index < -0.39 is 60.9 Å². The highest BCUT2D eigenvalue weighted by Gasteiger charge is 2.57. The number of rotatable bonds is 13. The van der Waals surface area contributed by atoms with E-state index in [0.29, 0.717) is 0 Å². The molecular weight excluding hydrogens is 910 g/mol. The van der Waals surface area contributed by atoms with E-state index >= 15 is 22.0 Å². The second-order valence-electron chi connectivity index (χ2n) is 25.5. The third-order valence-corrected chi connectivity index (χ3v) is 29.0. The zero-order chi connectivity index (χ0) is 51.9. The third-order valence-electron chi connectivity index (χ3n) is 20.1. The maximum absolute atomic E-state index is 18.2. The third kappa shape index (κ3) is 7.24. The molecule has 8 rings (SSSR count). The van der Waals surface area contributed by atoms with Crippen molar-refractivity contribution in [1.82, 2.24) is 0 Å². The van der Waals surface area contributed by atoms with Gasteiger partial charge >= 0.3 is 0 Å². The molecule has 4 aliphatic rings. The van der Waals surface area contributed by atoms with Crippen molar-refractivity contribution in [2.45, 2.75) is 231 Å². The number of benzene rings is 4. The van der Waals surface area contributed by atoms with Gasteiger partial charge in [-0.3, -0.25) is 0 Å². The van der Waals surface area contributed by atoms with Crippen molar-refractivity contribution in [2.24, 2.45) is 0 Å². The van der Waals surface area contributed by atoms with Crippen molar-refractivity contribution in [3.05, 3.63) is 110 Å². The average Bonchev–Trinajstić information content (AvgIpc) is 3.91. The molecule has 0 aliphatic heterocycles. The van der Waals surface area contributed by atoms with Gasteiger partial charge in [0.2, 0.25) is 5.82 Å². The van der Waals surface area contributed by atoms with Crippen LogP contribution in [0, 0.1) is 29.1 Å². The molecule has 0 aromatic heterocycles. The summed E-state index contributed by atoms with van der Waals surface area (Å²) in [5, 5.41) is 2.56. The molecular formula is C62H84F5NSi2. The lowest BCUT2D eigenvalue weighted by atomic mass is 9.72. The van der Waals surface area contributed by atoms with Gasteiger partial charge < -0.3 is 4.90 Å². The van der Waals surface area contributed by atoms with Crippen molar-refractivity contribution in [3.8, 4) is 0 Å². The first-order valence-electron chi connectivity index (χ1n) is 27.1. The minimum Gasteiger partial charge on any atom is -0.378 e. The van der Waals surface area contributed by atoms with E-state index in [1.54, 1.807) is 0 Å². The molecule has 0 unspecified atom stereocenters. The molecule has 380 valence electrons. The van der Waals surface area contributed by atoms with E-state index in [-0.39, 0.29) is 32.5 Å². The Labute approximate surface area is 422 Å². The van der Waals surface area contributed by atoms with Crippen LogP contribution in [0.4, 0.5) is 27.6 Å². The van der Waals surface area contributed by atoms with Gasteiger partial charge in [0.15, 0.2) is 23.3 Å². The lowest BCUT2D eigenvalue weighted by Gasteiger charge is -2.35. The number of hydrogen-bond donors (Lipinski definition) is 0. The summed E-state index contributed by atoms with van der Waals surface area (Å²) in [6.07, 6.45) is 10.8. The molecule has 0 atom stereocenters. The Hall–Kier alpha value is -3.24. The number of anilines is 1. The number of nitrogens with zero attached hydrogens (tertiary/aromatic N) is 1. The van der Waals surface area contributed by atoms with Gasteiger partial charge in [-0.15, -0.1) is 0 Å². The summed E-state index contributed by atoms with van der Waals surface area (Å²) >= 11 is 0. The van der Waals surface area contributed by atoms with Gasteiger partial charge in [-0.25, -0.2) is 22.0 Å². The monoisotopic (exact) mass is 994 g/mol. The Balaban J connectivity index is 1.84. The summed E-state index contributed by atoms with van der Waals surface area (Å²) in [5.74, 6) is -9.07. The van der Waals surface area contributed by atoms with Crippen LogP contribution < -0.4 is 25.6 Å². The first-order chi connectivity index (χ1) is 32.6. The Morgan fingerprint density at radius 1 is 0.386 bits per heavy atom. The summed E-state index contributed by atoms with van der Waals surface area (Å²) in [6, 6.07) is 13.7. The molecule has 1 nitrogen and oxygen atoms in total. The van der Waals surface area contributed by atoms with Crippen molar-refractivity contribution in [2.75, 3.05) is 19.0 Å². The van der Waals surface area contributed by atoms with Crippen molar-refractivity contribution in [3.63, 3.8) is 0 Å². The fourth-order valence-electron chi connectivity index (χ4n) is 16.5. The molecule has 0 saturated heterocycles. The first-order valence-corrected chi connectivity index (χ1v) is 31.1. The standard InChI is InChI=1S/C62H84F5NSi2/c1-19-59(20-2)33-55(9,10)43-39(59)31-40-44(56(11,12)34-60(40,21-3)22-4)52(43)69(38-29-27-37(28-30-38)68(17)18)70(54-50(66)48(64)47(63)49(65)51(54)67)53-45-41(61(23-5,24-6)35-57(45,13)14)32-42-46(53)58(15,16)36-62(42,25-7)26-8/h27-32H,19-26,33-36H2,1-18H3/b70-69-. The summed E-state index contributed by atoms with van der Waals surface area (Å²) in [7, 11) is -1.63. The molecule has 0 amide bonds. The van der Waals surface area contributed by atoms with Crippen LogP contribution in [0.3, 0.4) is 0 Å². The highest BCUT2D eigenvalue weighted by molar-refractivity contribution is 7.19. The quantitative estimate of drug-likeness (QED) is 0.0558. The molecule has 4 aliphatic carbocycles. The van der Waals surface area contributed by atoms with Crippen molar-refractivity contribution in [1.29, 1.82) is 0 Å². The Morgan fingerprint density at radius 2 is 0.643 bits per heavy atom. The van der Waals surface area contributed by atoms with Crippen LogP contribution in [-0.2, 0) is 43.3 Å². The molecule has 0 radical (unpaired) electrons. The van der Waals surface area contributed by atoms with Gasteiger partial charge in [-0.2, -0.15) is 0 Å². The predicted octanol–water partition coefficient (Wildman–Crippen LogP) is 14.4. The SMILES string of the molecule is CCC1(CC)CC(C)(C)c2c1cc1c(c2/[Si](c2ccc(N(C)C)cc2)=[Si](\c2c(F)c(F)c(F)c(F)c2F)c2c3c(cc4c2C(C)(C)CC4(CC)CC)C(CC)(CC)CC3(C)C)C(C)(C)CC1(CC)CC. The smallest absolute Gasteiger partial charge is 0.200 e. The minimum absolute atomic E-state index is 0.148. The van der Waals surface area contributed by atoms with Gasteiger partial charge in [-0.05, 0) is 193 Å². The van der Waals surface area contributed by atoms with E-state index in [2.05, 4.69) is 152 Å². The van der Waals surface area contributed by atoms with E-state index in [0.717, 1.165) is 104 Å². The number of fused-ring (bicyclic) bond motifs is 4. The molecule has 0 saturated carbocycles. The normalized spacial score (nSPS) is 21.3. The fraction of sp³-hybridized carbons (Fsp3) is 0.613. The topological polar surface area (TPSA) is 3.24 Å². The highest BCUT2D eigenvalue weighted by Crippen LogP contribution is 2.61. The highest BCUT2D eigenvalue weighted by atomic mass is 28.9. The van der Waals surface area contributed by atoms with E-state index in [1.807, 2.05) is 14.1 Å². The van der Waals surface area contributed by atoms with Crippen molar-refractivity contribution < 1.29 is 22.0 Å². The summed E-state index contributed by atoms with van der Waals surface area (Å²) in [5.41, 5.74) is 8.57. The van der Waals surface area contributed by atoms with E-state index in [4.69, 9.17) is 0 Å². The lowest BCUT2D eigenvalue weighted by molar-refractivity contribution is 0.322. The fourth-order valence-corrected chi connectivity index (χ4v) is 27.9. The van der Waals surface area contributed by atoms with Gasteiger partial charge in [0.25, 0.3) is 0 Å². The molecule has 70 heavy (non-hydrogen) atoms. The number of halogens is 5. The van der Waals surface area contributed by atoms with Crippen LogP contribution in [0.5, 0.6) is 0 Å². The van der Waals surface area contributed by atoms with E-state index in [9.17, 15) is 0 Å². The maximum Gasteiger partial charge on any atom is 0.200 e. The summed E-state index contributed by atoms with van der Waals surface area (Å²) in [4.78, 5) is 2.07. The molecule has 8 heteroatoms.